The minimum absolute atomic E-state index is 0.0431. The average Bonchev–Trinajstić information content (AvgIpc) is 3.31. The fraction of sp³-hybridized carbons (Fsp3) is 0.0588. The van der Waals surface area contributed by atoms with Crippen molar-refractivity contribution in [3.63, 3.8) is 0 Å². The lowest BCUT2D eigenvalue weighted by Gasteiger charge is -2.04. The zero-order valence-corrected chi connectivity index (χ0v) is 12.9. The summed E-state index contributed by atoms with van der Waals surface area (Å²) in [5, 5.41) is 6.50. The Morgan fingerprint density at radius 1 is 1.20 bits per heavy atom. The predicted octanol–water partition coefficient (Wildman–Crippen LogP) is 1.87. The van der Waals surface area contributed by atoms with Crippen LogP contribution >= 0.6 is 0 Å². The van der Waals surface area contributed by atoms with Crippen LogP contribution in [0.2, 0.25) is 0 Å². The summed E-state index contributed by atoms with van der Waals surface area (Å²) in [6.07, 6.45) is 4.36. The first kappa shape index (κ1) is 14.9. The largest absolute Gasteiger partial charge is 0.461 e. The molecule has 0 saturated heterocycles. The molecule has 0 aliphatic carbocycles. The topological polar surface area (TPSA) is 103 Å². The van der Waals surface area contributed by atoms with Gasteiger partial charge < -0.3 is 14.3 Å². The van der Waals surface area contributed by atoms with Crippen LogP contribution in [-0.2, 0) is 6.54 Å². The zero-order chi connectivity index (χ0) is 17.2. The van der Waals surface area contributed by atoms with Crippen molar-refractivity contribution in [3.8, 4) is 11.5 Å². The standard InChI is InChI=1S/C17H12N4O4/c22-16(12-10-18-15-5-1-2-6-21(15)17(12)23)19-9-11-8-14(25-20-11)13-4-3-7-24-13/h1-8,10H,9H2,(H,19,22). The third-order valence-electron chi connectivity index (χ3n) is 3.61. The lowest BCUT2D eigenvalue weighted by atomic mass is 10.3. The fourth-order valence-electron chi connectivity index (χ4n) is 2.38. The molecule has 0 aliphatic heterocycles. The molecule has 0 fully saturated rings. The highest BCUT2D eigenvalue weighted by Gasteiger charge is 2.14. The number of carbonyl (C=O) groups is 1. The van der Waals surface area contributed by atoms with Gasteiger partial charge in [-0.3, -0.25) is 14.0 Å². The monoisotopic (exact) mass is 336 g/mol. The zero-order valence-electron chi connectivity index (χ0n) is 12.9. The summed E-state index contributed by atoms with van der Waals surface area (Å²) in [6, 6.07) is 10.3. The second-order valence-corrected chi connectivity index (χ2v) is 5.25. The molecule has 8 nitrogen and oxygen atoms in total. The van der Waals surface area contributed by atoms with E-state index in [-0.39, 0.29) is 12.1 Å². The summed E-state index contributed by atoms with van der Waals surface area (Å²) in [7, 11) is 0. The Balaban J connectivity index is 1.51. The molecule has 8 heteroatoms. The van der Waals surface area contributed by atoms with Crippen LogP contribution in [0, 0.1) is 0 Å². The third kappa shape index (κ3) is 2.80. The molecule has 0 saturated carbocycles. The number of nitrogens with zero attached hydrogens (tertiary/aromatic N) is 3. The van der Waals surface area contributed by atoms with Gasteiger partial charge in [-0.15, -0.1) is 0 Å². The minimum Gasteiger partial charge on any atom is -0.461 e. The van der Waals surface area contributed by atoms with Gasteiger partial charge in [-0.25, -0.2) is 4.98 Å². The number of nitrogens with one attached hydrogen (secondary N) is 1. The lowest BCUT2D eigenvalue weighted by molar-refractivity contribution is 0.0948. The van der Waals surface area contributed by atoms with Gasteiger partial charge >= 0.3 is 0 Å². The molecule has 1 N–H and O–H groups in total. The number of aromatic nitrogens is 3. The maximum atomic E-state index is 12.4. The SMILES string of the molecule is O=C(NCc1cc(-c2ccco2)on1)c1cnc2ccccn2c1=O. The first-order valence-corrected chi connectivity index (χ1v) is 7.46. The summed E-state index contributed by atoms with van der Waals surface area (Å²) in [4.78, 5) is 28.7. The molecule has 0 aromatic carbocycles. The average molecular weight is 336 g/mol. The number of pyridine rings is 1. The van der Waals surface area contributed by atoms with Gasteiger partial charge in [0.05, 0.1) is 12.8 Å². The smallest absolute Gasteiger partial charge is 0.270 e. The Morgan fingerprint density at radius 2 is 2.12 bits per heavy atom. The summed E-state index contributed by atoms with van der Waals surface area (Å²) < 4.78 is 11.7. The van der Waals surface area contributed by atoms with E-state index < -0.39 is 11.5 Å². The molecule has 1 amide bonds. The van der Waals surface area contributed by atoms with Crippen molar-refractivity contribution in [3.05, 3.63) is 76.7 Å². The van der Waals surface area contributed by atoms with Crippen LogP contribution in [0.25, 0.3) is 17.2 Å². The van der Waals surface area contributed by atoms with Gasteiger partial charge in [0.1, 0.15) is 16.9 Å². The summed E-state index contributed by atoms with van der Waals surface area (Å²) in [5.74, 6) is 0.474. The Labute approximate surface area is 140 Å². The molecule has 0 radical (unpaired) electrons. The molecule has 4 rings (SSSR count). The predicted molar refractivity (Wildman–Crippen MR) is 86.8 cm³/mol. The maximum absolute atomic E-state index is 12.4. The van der Waals surface area contributed by atoms with Crippen molar-refractivity contribution in [1.29, 1.82) is 0 Å². The Kier molecular flexibility index (Phi) is 3.62. The van der Waals surface area contributed by atoms with Crippen molar-refractivity contribution in [1.82, 2.24) is 19.9 Å². The van der Waals surface area contributed by atoms with E-state index in [1.165, 1.54) is 16.9 Å². The first-order valence-electron chi connectivity index (χ1n) is 7.46. The van der Waals surface area contributed by atoms with E-state index in [4.69, 9.17) is 8.94 Å². The Morgan fingerprint density at radius 3 is 2.96 bits per heavy atom. The second-order valence-electron chi connectivity index (χ2n) is 5.25. The highest BCUT2D eigenvalue weighted by Crippen LogP contribution is 2.20. The van der Waals surface area contributed by atoms with Gasteiger partial charge in [-0.1, -0.05) is 11.2 Å². The summed E-state index contributed by atoms with van der Waals surface area (Å²) in [5.41, 5.74) is 0.509. The molecule has 4 heterocycles. The number of fused-ring (bicyclic) bond motifs is 1. The molecule has 0 bridgehead atoms. The summed E-state index contributed by atoms with van der Waals surface area (Å²) in [6.45, 7) is 0.111. The van der Waals surface area contributed by atoms with Gasteiger partial charge in [0.25, 0.3) is 11.5 Å². The quantitative estimate of drug-likeness (QED) is 0.610. The van der Waals surface area contributed by atoms with Crippen LogP contribution in [0.15, 0.2) is 68.8 Å². The molecule has 25 heavy (non-hydrogen) atoms. The lowest BCUT2D eigenvalue weighted by Crippen LogP contribution is -2.31. The van der Waals surface area contributed by atoms with Gasteiger partial charge in [-0.2, -0.15) is 0 Å². The van der Waals surface area contributed by atoms with Crippen LogP contribution in [0.3, 0.4) is 0 Å². The Hall–Kier alpha value is -3.68. The fourth-order valence-corrected chi connectivity index (χ4v) is 2.38. The van der Waals surface area contributed by atoms with Crippen LogP contribution in [0.4, 0.5) is 0 Å². The molecule has 4 aromatic rings. The van der Waals surface area contributed by atoms with Crippen LogP contribution < -0.4 is 10.9 Å². The number of carbonyl (C=O) groups excluding carboxylic acids is 1. The molecule has 0 aliphatic rings. The molecule has 0 spiro atoms. The minimum atomic E-state index is -0.529. The number of hydrogen-bond donors (Lipinski definition) is 1. The number of rotatable bonds is 4. The van der Waals surface area contributed by atoms with Crippen molar-refractivity contribution >= 4 is 11.6 Å². The van der Waals surface area contributed by atoms with Crippen molar-refractivity contribution < 1.29 is 13.7 Å². The van der Waals surface area contributed by atoms with E-state index in [1.54, 1.807) is 42.6 Å². The van der Waals surface area contributed by atoms with E-state index in [1.807, 2.05) is 0 Å². The molecular formula is C17H12N4O4. The van der Waals surface area contributed by atoms with Crippen LogP contribution in [0.5, 0.6) is 0 Å². The Bertz CT molecular complexity index is 1100. The van der Waals surface area contributed by atoms with Gasteiger partial charge in [0.2, 0.25) is 5.76 Å². The van der Waals surface area contributed by atoms with Crippen molar-refractivity contribution in [2.24, 2.45) is 0 Å². The van der Waals surface area contributed by atoms with E-state index >= 15 is 0 Å². The number of furan rings is 1. The number of amides is 1. The number of hydrogen-bond acceptors (Lipinski definition) is 6. The van der Waals surface area contributed by atoms with Crippen molar-refractivity contribution in [2.75, 3.05) is 0 Å². The molecule has 0 atom stereocenters. The van der Waals surface area contributed by atoms with Crippen LogP contribution in [0.1, 0.15) is 16.1 Å². The highest BCUT2D eigenvalue weighted by molar-refractivity contribution is 5.93. The van der Waals surface area contributed by atoms with Crippen molar-refractivity contribution in [2.45, 2.75) is 6.54 Å². The normalized spacial score (nSPS) is 10.9. The van der Waals surface area contributed by atoms with Gasteiger partial charge in [-0.05, 0) is 24.3 Å². The molecule has 0 unspecified atom stereocenters. The molecule has 124 valence electrons. The van der Waals surface area contributed by atoms with Gasteiger partial charge in [0.15, 0.2) is 5.76 Å². The third-order valence-corrected chi connectivity index (χ3v) is 3.61. The van der Waals surface area contributed by atoms with E-state index in [2.05, 4.69) is 15.5 Å². The van der Waals surface area contributed by atoms with E-state index in [9.17, 15) is 9.59 Å². The molecule has 4 aromatic heterocycles. The highest BCUT2D eigenvalue weighted by atomic mass is 16.5. The van der Waals surface area contributed by atoms with Crippen LogP contribution in [-0.4, -0.2) is 20.4 Å². The van der Waals surface area contributed by atoms with E-state index in [0.717, 1.165) is 0 Å². The first-order chi connectivity index (χ1) is 12.2. The second kappa shape index (κ2) is 6.08. The summed E-state index contributed by atoms with van der Waals surface area (Å²) >= 11 is 0. The van der Waals surface area contributed by atoms with Gasteiger partial charge in [0, 0.05) is 18.5 Å². The van der Waals surface area contributed by atoms with E-state index in [0.29, 0.717) is 22.9 Å². The maximum Gasteiger partial charge on any atom is 0.270 e. The molecular weight excluding hydrogens is 324 g/mol.